The highest BCUT2D eigenvalue weighted by atomic mass is 16.3. The van der Waals surface area contributed by atoms with Crippen LogP contribution in [0.2, 0.25) is 0 Å². The van der Waals surface area contributed by atoms with Gasteiger partial charge in [-0.05, 0) is 25.5 Å². The van der Waals surface area contributed by atoms with Crippen molar-refractivity contribution in [2.45, 2.75) is 25.8 Å². The molecule has 1 aliphatic heterocycles. The number of carbonyl (C=O) groups is 1. The Kier molecular flexibility index (Phi) is 5.52. The molecule has 2 rings (SSSR count). The topological polar surface area (TPSA) is 82.7 Å². The third-order valence-electron chi connectivity index (χ3n) is 4.12. The monoisotopic (exact) mass is 292 g/mol. The second-order valence-corrected chi connectivity index (χ2v) is 5.36. The van der Waals surface area contributed by atoms with Crippen LogP contribution in [0.1, 0.15) is 30.1 Å². The number of aromatic hydroxyl groups is 1. The minimum atomic E-state index is -0.124. The lowest BCUT2D eigenvalue weighted by Crippen LogP contribution is -2.52. The van der Waals surface area contributed by atoms with Crippen molar-refractivity contribution in [3.05, 3.63) is 24.0 Å². The van der Waals surface area contributed by atoms with Gasteiger partial charge >= 0.3 is 0 Å². The molecule has 0 spiro atoms. The summed E-state index contributed by atoms with van der Waals surface area (Å²) in [6.45, 7) is 5.95. The van der Waals surface area contributed by atoms with E-state index < -0.39 is 0 Å². The fraction of sp³-hybridized carbons (Fsp3) is 0.600. The predicted molar refractivity (Wildman–Crippen MR) is 81.1 cm³/mol. The van der Waals surface area contributed by atoms with Crippen LogP contribution in [0.15, 0.2) is 18.5 Å². The van der Waals surface area contributed by atoms with Crippen LogP contribution < -0.4 is 5.73 Å². The van der Waals surface area contributed by atoms with Crippen LogP contribution in [-0.4, -0.2) is 64.6 Å². The zero-order valence-corrected chi connectivity index (χ0v) is 12.5. The number of nitrogens with two attached hydrogens (primary N) is 1. The summed E-state index contributed by atoms with van der Waals surface area (Å²) in [6, 6.07) is 2.06. The van der Waals surface area contributed by atoms with E-state index in [1.807, 2.05) is 0 Å². The van der Waals surface area contributed by atoms with E-state index in [4.69, 9.17) is 5.73 Å². The van der Waals surface area contributed by atoms with Crippen LogP contribution in [0, 0.1) is 0 Å². The highest BCUT2D eigenvalue weighted by Crippen LogP contribution is 2.18. The fourth-order valence-electron chi connectivity index (χ4n) is 2.86. The molecule has 0 saturated carbocycles. The molecule has 1 saturated heterocycles. The normalized spacial score (nSPS) is 17.7. The van der Waals surface area contributed by atoms with Crippen molar-refractivity contribution in [3.8, 4) is 5.75 Å². The molecule has 1 amide bonds. The molecular weight excluding hydrogens is 268 g/mol. The molecule has 3 N–H and O–H groups in total. The number of pyridine rings is 1. The Hall–Kier alpha value is -1.66. The van der Waals surface area contributed by atoms with Gasteiger partial charge in [0.2, 0.25) is 0 Å². The first-order valence-corrected chi connectivity index (χ1v) is 7.53. The molecule has 1 aromatic rings. The molecule has 21 heavy (non-hydrogen) atoms. The largest absolute Gasteiger partial charge is 0.505 e. The average Bonchev–Trinajstić information content (AvgIpc) is 2.52. The number of hydrogen-bond acceptors (Lipinski definition) is 5. The lowest BCUT2D eigenvalue weighted by Gasteiger charge is -2.39. The minimum absolute atomic E-state index is 0.0560. The second kappa shape index (κ2) is 7.38. The molecule has 0 bridgehead atoms. The quantitative estimate of drug-likeness (QED) is 0.833. The molecule has 6 heteroatoms. The SMILES string of the molecule is CCC(CCN)N1CCN(C(=O)c2ccncc2O)CC1. The summed E-state index contributed by atoms with van der Waals surface area (Å²) < 4.78 is 0. The van der Waals surface area contributed by atoms with Crippen molar-refractivity contribution in [2.24, 2.45) is 5.73 Å². The summed E-state index contributed by atoms with van der Waals surface area (Å²) in [4.78, 5) is 20.4. The van der Waals surface area contributed by atoms with Crippen LogP contribution in [-0.2, 0) is 0 Å². The third kappa shape index (κ3) is 3.71. The number of piperazine rings is 1. The van der Waals surface area contributed by atoms with Gasteiger partial charge in [0, 0.05) is 38.4 Å². The van der Waals surface area contributed by atoms with Crippen LogP contribution in [0.25, 0.3) is 0 Å². The molecule has 1 fully saturated rings. The van der Waals surface area contributed by atoms with E-state index in [-0.39, 0.29) is 11.7 Å². The molecule has 1 atom stereocenters. The summed E-state index contributed by atoms with van der Waals surface area (Å²) in [7, 11) is 0. The Morgan fingerprint density at radius 2 is 2.14 bits per heavy atom. The van der Waals surface area contributed by atoms with Crippen molar-refractivity contribution < 1.29 is 9.90 Å². The van der Waals surface area contributed by atoms with Crippen LogP contribution in [0.4, 0.5) is 0 Å². The molecular formula is C15H24N4O2. The van der Waals surface area contributed by atoms with E-state index in [1.165, 1.54) is 12.4 Å². The van der Waals surface area contributed by atoms with Gasteiger partial charge in [-0.1, -0.05) is 6.92 Å². The highest BCUT2D eigenvalue weighted by Gasteiger charge is 2.26. The Morgan fingerprint density at radius 3 is 2.71 bits per heavy atom. The van der Waals surface area contributed by atoms with E-state index >= 15 is 0 Å². The molecule has 6 nitrogen and oxygen atoms in total. The van der Waals surface area contributed by atoms with Crippen LogP contribution >= 0.6 is 0 Å². The number of hydrogen-bond donors (Lipinski definition) is 2. The van der Waals surface area contributed by atoms with Gasteiger partial charge in [-0.2, -0.15) is 0 Å². The Bertz CT molecular complexity index is 472. The smallest absolute Gasteiger partial charge is 0.257 e. The van der Waals surface area contributed by atoms with Gasteiger partial charge < -0.3 is 15.7 Å². The zero-order valence-electron chi connectivity index (χ0n) is 12.5. The summed E-state index contributed by atoms with van der Waals surface area (Å²) in [6.07, 6.45) is 4.90. The third-order valence-corrected chi connectivity index (χ3v) is 4.12. The number of rotatable bonds is 5. The minimum Gasteiger partial charge on any atom is -0.505 e. The number of carbonyl (C=O) groups excluding carboxylic acids is 1. The van der Waals surface area contributed by atoms with Crippen LogP contribution in [0.5, 0.6) is 5.75 Å². The van der Waals surface area contributed by atoms with Crippen molar-refractivity contribution in [1.29, 1.82) is 0 Å². The summed E-state index contributed by atoms with van der Waals surface area (Å²) in [5, 5.41) is 9.73. The molecule has 0 aromatic carbocycles. The van der Waals surface area contributed by atoms with Crippen molar-refractivity contribution in [2.75, 3.05) is 32.7 Å². The zero-order chi connectivity index (χ0) is 15.2. The molecule has 0 radical (unpaired) electrons. The van der Waals surface area contributed by atoms with E-state index in [0.717, 1.165) is 25.9 Å². The highest BCUT2D eigenvalue weighted by molar-refractivity contribution is 5.96. The summed E-state index contributed by atoms with van der Waals surface area (Å²) in [5.74, 6) is -0.180. The van der Waals surface area contributed by atoms with E-state index in [2.05, 4.69) is 16.8 Å². The second-order valence-electron chi connectivity index (χ2n) is 5.36. The summed E-state index contributed by atoms with van der Waals surface area (Å²) >= 11 is 0. The maximum Gasteiger partial charge on any atom is 0.257 e. The van der Waals surface area contributed by atoms with Crippen LogP contribution in [0.3, 0.4) is 0 Å². The Balaban J connectivity index is 1.95. The van der Waals surface area contributed by atoms with E-state index in [1.54, 1.807) is 11.0 Å². The average molecular weight is 292 g/mol. The standard InChI is InChI=1S/C15H24N4O2/c1-2-12(3-5-16)18-7-9-19(10-8-18)15(21)13-4-6-17-11-14(13)20/h4,6,11-12,20H,2-3,5,7-10,16H2,1H3. The lowest BCUT2D eigenvalue weighted by molar-refractivity contribution is 0.0554. The molecule has 0 aliphatic carbocycles. The molecule has 2 heterocycles. The molecule has 1 aliphatic rings. The maximum absolute atomic E-state index is 12.4. The van der Waals surface area contributed by atoms with E-state index in [9.17, 15) is 9.90 Å². The van der Waals surface area contributed by atoms with E-state index in [0.29, 0.717) is 31.2 Å². The van der Waals surface area contributed by atoms with Gasteiger partial charge in [-0.15, -0.1) is 0 Å². The van der Waals surface area contributed by atoms with Crippen molar-refractivity contribution >= 4 is 5.91 Å². The maximum atomic E-state index is 12.4. The fourth-order valence-corrected chi connectivity index (χ4v) is 2.86. The van der Waals surface area contributed by atoms with Gasteiger partial charge in [-0.25, -0.2) is 0 Å². The number of nitrogens with zero attached hydrogens (tertiary/aromatic N) is 3. The summed E-state index contributed by atoms with van der Waals surface area (Å²) in [5.41, 5.74) is 5.98. The molecule has 1 unspecified atom stereocenters. The molecule has 1 aromatic heterocycles. The van der Waals surface area contributed by atoms with Gasteiger partial charge in [0.15, 0.2) is 0 Å². The number of amides is 1. The van der Waals surface area contributed by atoms with Gasteiger partial charge in [0.05, 0.1) is 11.8 Å². The first kappa shape index (κ1) is 15.7. The lowest BCUT2D eigenvalue weighted by atomic mass is 10.1. The number of aromatic nitrogens is 1. The van der Waals surface area contributed by atoms with Gasteiger partial charge in [0.1, 0.15) is 5.75 Å². The van der Waals surface area contributed by atoms with Crippen molar-refractivity contribution in [1.82, 2.24) is 14.8 Å². The Morgan fingerprint density at radius 1 is 1.43 bits per heavy atom. The van der Waals surface area contributed by atoms with Crippen molar-refractivity contribution in [3.63, 3.8) is 0 Å². The Labute approximate surface area is 125 Å². The molecule has 116 valence electrons. The predicted octanol–water partition coefficient (Wildman–Crippen LogP) is 0.672. The van der Waals surface area contributed by atoms with Gasteiger partial charge in [-0.3, -0.25) is 14.7 Å². The van der Waals surface area contributed by atoms with Gasteiger partial charge in [0.25, 0.3) is 5.91 Å². The first-order valence-electron chi connectivity index (χ1n) is 7.53. The first-order chi connectivity index (χ1) is 10.2.